The highest BCUT2D eigenvalue weighted by Gasteiger charge is 2.07. The number of halogens is 1. The van der Waals surface area contributed by atoms with Crippen LogP contribution in [0.4, 0.5) is 16.2 Å². The highest BCUT2D eigenvalue weighted by atomic mass is 35.5. The van der Waals surface area contributed by atoms with E-state index in [1.807, 2.05) is 0 Å². The van der Waals surface area contributed by atoms with E-state index in [2.05, 4.69) is 18.1 Å². The van der Waals surface area contributed by atoms with E-state index in [9.17, 15) is 9.70 Å². The maximum Gasteiger partial charge on any atom is 0.417 e. The van der Waals surface area contributed by atoms with Crippen LogP contribution in [0.15, 0.2) is 48.5 Å². The first-order valence-electron chi connectivity index (χ1n) is 5.53. The zero-order valence-electron chi connectivity index (χ0n) is 10.1. The van der Waals surface area contributed by atoms with Crippen molar-refractivity contribution in [3.63, 3.8) is 0 Å². The molecule has 0 saturated heterocycles. The number of carbonyl (C=O) groups is 1. The minimum atomic E-state index is -0.641. The molecule has 7 heteroatoms. The van der Waals surface area contributed by atoms with Crippen LogP contribution < -0.4 is 10.1 Å². The molecule has 102 valence electrons. The molecule has 0 bridgehead atoms. The van der Waals surface area contributed by atoms with E-state index < -0.39 is 6.09 Å². The van der Waals surface area contributed by atoms with E-state index >= 15 is 0 Å². The average molecular weight is 309 g/mol. The number of hydrogen-bond acceptors (Lipinski definition) is 4. The number of anilines is 1. The van der Waals surface area contributed by atoms with Gasteiger partial charge in [0, 0.05) is 27.7 Å². The Labute approximate surface area is 125 Å². The van der Waals surface area contributed by atoms with Gasteiger partial charge in [-0.05, 0) is 36.4 Å². The zero-order valence-corrected chi connectivity index (χ0v) is 11.6. The van der Waals surface area contributed by atoms with Crippen molar-refractivity contribution in [3.8, 4) is 5.75 Å². The minimum absolute atomic E-state index is 0.315. The van der Waals surface area contributed by atoms with Crippen molar-refractivity contribution in [1.29, 1.82) is 0 Å². The zero-order chi connectivity index (χ0) is 14.5. The number of hydrogen-bond donors (Lipinski definition) is 1. The Morgan fingerprint density at radius 2 is 1.70 bits per heavy atom. The van der Waals surface area contributed by atoms with E-state index in [1.165, 1.54) is 12.1 Å². The van der Waals surface area contributed by atoms with E-state index in [4.69, 9.17) is 16.3 Å². The Morgan fingerprint density at radius 3 is 2.25 bits per heavy atom. The van der Waals surface area contributed by atoms with Crippen molar-refractivity contribution in [1.82, 2.24) is 0 Å². The van der Waals surface area contributed by atoms with Gasteiger partial charge in [-0.15, -0.1) is 0 Å². The number of nitrogens with one attached hydrogen (secondary N) is 1. The highest BCUT2D eigenvalue weighted by molar-refractivity contribution is 7.51. The van der Waals surface area contributed by atoms with Crippen LogP contribution in [0.3, 0.4) is 0 Å². The molecule has 0 aliphatic carbocycles. The van der Waals surface area contributed by atoms with Crippen molar-refractivity contribution >= 4 is 41.9 Å². The van der Waals surface area contributed by atoms with Gasteiger partial charge in [-0.1, -0.05) is 15.8 Å². The van der Waals surface area contributed by atoms with E-state index in [1.54, 1.807) is 36.4 Å². The summed E-state index contributed by atoms with van der Waals surface area (Å²) >= 11 is 10.2. The summed E-state index contributed by atoms with van der Waals surface area (Å²) in [5, 5.41) is 3.08. The lowest BCUT2D eigenvalue weighted by atomic mass is 10.3. The van der Waals surface area contributed by atoms with Gasteiger partial charge in [0.05, 0.1) is 0 Å². The standard InChI is InChI=1S/C13H9ClN2O3S/c14-9-1-7-12(8-2-9)19-13(17)15-10-3-5-11(6-4-10)16(18)20/h1-8H,(H,15,17). The second-order valence-electron chi connectivity index (χ2n) is 3.77. The summed E-state index contributed by atoms with van der Waals surface area (Å²) in [6.45, 7) is 0. The van der Waals surface area contributed by atoms with E-state index in [0.29, 0.717) is 26.3 Å². The Kier molecular flexibility index (Phi) is 4.49. The number of amides is 1. The summed E-state index contributed by atoms with van der Waals surface area (Å²) in [5.74, 6) is 0.375. The molecule has 0 aliphatic heterocycles. The van der Waals surface area contributed by atoms with Crippen LogP contribution >= 0.6 is 11.6 Å². The third-order valence-corrected chi connectivity index (χ3v) is 2.81. The predicted molar refractivity (Wildman–Crippen MR) is 78.2 cm³/mol. The maximum absolute atomic E-state index is 11.6. The lowest BCUT2D eigenvalue weighted by molar-refractivity contribution is -0.262. The lowest BCUT2D eigenvalue weighted by Crippen LogP contribution is -2.16. The fourth-order valence-corrected chi connectivity index (χ4v) is 1.67. The number of rotatable bonds is 3. The van der Waals surface area contributed by atoms with E-state index in [-0.39, 0.29) is 0 Å². The highest BCUT2D eigenvalue weighted by Crippen LogP contribution is 2.18. The molecule has 2 rings (SSSR count). The first kappa shape index (κ1) is 14.2. The first-order chi connectivity index (χ1) is 9.54. The summed E-state index contributed by atoms with van der Waals surface area (Å²) in [7, 11) is 0. The van der Waals surface area contributed by atoms with Gasteiger partial charge < -0.3 is 17.6 Å². The van der Waals surface area contributed by atoms with Crippen LogP contribution in [0.5, 0.6) is 5.75 Å². The van der Waals surface area contributed by atoms with Crippen LogP contribution in [0.1, 0.15) is 0 Å². The van der Waals surface area contributed by atoms with Crippen molar-refractivity contribution in [2.75, 3.05) is 5.32 Å². The molecule has 2 aromatic carbocycles. The largest absolute Gasteiger partial charge is 0.417 e. The Bertz CT molecular complexity index is 629. The fraction of sp³-hybridized carbons (Fsp3) is 0. The van der Waals surface area contributed by atoms with Gasteiger partial charge in [0.1, 0.15) is 5.75 Å². The number of nitrogens with zero attached hydrogens (tertiary/aromatic N) is 1. The van der Waals surface area contributed by atoms with Gasteiger partial charge in [0.2, 0.25) is 5.69 Å². The van der Waals surface area contributed by atoms with Crippen molar-refractivity contribution in [2.24, 2.45) is 0 Å². The molecule has 0 unspecified atom stereocenters. The lowest BCUT2D eigenvalue weighted by Gasteiger charge is -2.06. The molecule has 5 nitrogen and oxygen atoms in total. The summed E-state index contributed by atoms with van der Waals surface area (Å²) in [6, 6.07) is 12.5. The normalized spacial score (nSPS) is 9.85. The molecule has 1 N–H and O–H groups in total. The molecule has 20 heavy (non-hydrogen) atoms. The van der Waals surface area contributed by atoms with Crippen molar-refractivity contribution in [3.05, 3.63) is 58.5 Å². The predicted octanol–water partition coefficient (Wildman–Crippen LogP) is 3.82. The molecule has 1 amide bonds. The van der Waals surface area contributed by atoms with Crippen molar-refractivity contribution < 1.29 is 13.7 Å². The quantitative estimate of drug-likeness (QED) is 0.691. The number of ether oxygens (including phenoxy) is 1. The van der Waals surface area contributed by atoms with Crippen LogP contribution in [0.2, 0.25) is 5.02 Å². The number of nitroso groups, excluding NO2 is 1. The second kappa shape index (κ2) is 6.31. The molecule has 0 fully saturated rings. The third kappa shape index (κ3) is 3.91. The van der Waals surface area contributed by atoms with E-state index in [0.717, 1.165) is 0 Å². The minimum Gasteiger partial charge on any atom is -0.410 e. The van der Waals surface area contributed by atoms with Gasteiger partial charge in [0.25, 0.3) is 0 Å². The molecule has 0 spiro atoms. The van der Waals surface area contributed by atoms with Crippen LogP contribution in [0.25, 0.3) is 0 Å². The fourth-order valence-electron chi connectivity index (χ4n) is 1.42. The summed E-state index contributed by atoms with van der Waals surface area (Å²) in [4.78, 5) is 22.5. The molecule has 0 atom stereocenters. The Hall–Kier alpha value is -2.18. The summed E-state index contributed by atoms with van der Waals surface area (Å²) < 4.78 is 5.36. The smallest absolute Gasteiger partial charge is 0.410 e. The molecule has 2 aromatic rings. The Morgan fingerprint density at radius 1 is 1.10 bits per heavy atom. The van der Waals surface area contributed by atoms with Gasteiger partial charge in [0.15, 0.2) is 0 Å². The average Bonchev–Trinajstić information content (AvgIpc) is 2.42. The summed E-state index contributed by atoms with van der Waals surface area (Å²) in [6.07, 6.45) is -0.641. The maximum atomic E-state index is 11.6. The summed E-state index contributed by atoms with van der Waals surface area (Å²) in [5.41, 5.74) is 0.807. The Balaban J connectivity index is 1.97. The van der Waals surface area contributed by atoms with Crippen LogP contribution in [0, 0.1) is 4.91 Å². The SMILES string of the molecule is O=C(Nc1ccc([N+](=O)[S-])cc1)Oc1ccc(Cl)cc1. The molecule has 0 aliphatic rings. The second-order valence-corrected chi connectivity index (χ2v) is 4.54. The molecule has 0 saturated carbocycles. The third-order valence-electron chi connectivity index (χ3n) is 2.35. The van der Waals surface area contributed by atoms with Crippen LogP contribution in [-0.4, -0.2) is 10.3 Å². The molecule has 0 aromatic heterocycles. The van der Waals surface area contributed by atoms with Gasteiger partial charge in [-0.3, -0.25) is 5.32 Å². The number of benzene rings is 2. The van der Waals surface area contributed by atoms with Crippen LogP contribution in [-0.2, 0) is 12.8 Å². The van der Waals surface area contributed by atoms with Gasteiger partial charge >= 0.3 is 6.09 Å². The molecule has 0 radical (unpaired) electrons. The first-order valence-corrected chi connectivity index (χ1v) is 6.28. The molecular formula is C13H9ClN2O3S. The molecule has 0 heterocycles. The number of carbonyl (C=O) groups excluding carboxylic acids is 1. The topological polar surface area (TPSA) is 58.4 Å². The van der Waals surface area contributed by atoms with Gasteiger partial charge in [-0.2, -0.15) is 0 Å². The molecular weight excluding hydrogens is 300 g/mol. The monoisotopic (exact) mass is 308 g/mol. The van der Waals surface area contributed by atoms with Crippen molar-refractivity contribution in [2.45, 2.75) is 0 Å². The van der Waals surface area contributed by atoms with Gasteiger partial charge in [-0.25, -0.2) is 4.79 Å².